The van der Waals surface area contributed by atoms with Crippen LogP contribution in [0.5, 0.6) is 0 Å². The van der Waals surface area contributed by atoms with Gasteiger partial charge in [0.15, 0.2) is 0 Å². The summed E-state index contributed by atoms with van der Waals surface area (Å²) < 4.78 is 1.60. The van der Waals surface area contributed by atoms with E-state index < -0.39 is 11.4 Å². The first-order valence-electron chi connectivity index (χ1n) is 5.66. The Bertz CT molecular complexity index is 550. The van der Waals surface area contributed by atoms with E-state index in [1.807, 2.05) is 30.3 Å². The number of aliphatic carboxylic acids is 1. The maximum atomic E-state index is 11.6. The smallest absolute Gasteiger partial charge is 0.314 e. The Morgan fingerprint density at radius 1 is 1.39 bits per heavy atom. The van der Waals surface area contributed by atoms with Gasteiger partial charge in [-0.25, -0.2) is 4.98 Å². The van der Waals surface area contributed by atoms with Gasteiger partial charge in [0.05, 0.1) is 5.41 Å². The van der Waals surface area contributed by atoms with Crippen LogP contribution >= 0.6 is 0 Å². The third kappa shape index (κ3) is 2.11. The van der Waals surface area contributed by atoms with Crippen molar-refractivity contribution < 1.29 is 9.90 Å². The van der Waals surface area contributed by atoms with Crippen molar-refractivity contribution in [3.05, 3.63) is 48.0 Å². The second-order valence-corrected chi connectivity index (χ2v) is 4.48. The van der Waals surface area contributed by atoms with Gasteiger partial charge in [-0.3, -0.25) is 9.48 Å². The molecule has 0 amide bonds. The van der Waals surface area contributed by atoms with Crippen molar-refractivity contribution in [1.29, 1.82) is 0 Å². The summed E-state index contributed by atoms with van der Waals surface area (Å²) in [4.78, 5) is 15.7. The predicted octanol–water partition coefficient (Wildman–Crippen LogP) is 1.40. The largest absolute Gasteiger partial charge is 0.481 e. The minimum absolute atomic E-state index is 0.308. The molecule has 2 aromatic rings. The topological polar surface area (TPSA) is 68.0 Å². The Morgan fingerprint density at radius 3 is 2.56 bits per heavy atom. The van der Waals surface area contributed by atoms with E-state index in [9.17, 15) is 9.90 Å². The average molecular weight is 245 g/mol. The highest BCUT2D eigenvalue weighted by Gasteiger charge is 2.36. The SMILES string of the molecule is Cn1ncnc1CC(C)(C(=O)O)c1ccccc1. The Balaban J connectivity index is 2.40. The van der Waals surface area contributed by atoms with Crippen LogP contribution < -0.4 is 0 Å². The van der Waals surface area contributed by atoms with E-state index in [2.05, 4.69) is 10.1 Å². The van der Waals surface area contributed by atoms with Gasteiger partial charge >= 0.3 is 5.97 Å². The molecule has 0 aliphatic rings. The Kier molecular flexibility index (Phi) is 3.14. The van der Waals surface area contributed by atoms with Crippen molar-refractivity contribution in [3.63, 3.8) is 0 Å². The van der Waals surface area contributed by atoms with Crippen LogP contribution in [0.3, 0.4) is 0 Å². The molecular formula is C13H15N3O2. The van der Waals surface area contributed by atoms with E-state index in [-0.39, 0.29) is 0 Å². The van der Waals surface area contributed by atoms with Crippen molar-refractivity contribution >= 4 is 5.97 Å². The lowest BCUT2D eigenvalue weighted by atomic mass is 9.79. The first-order valence-corrected chi connectivity index (χ1v) is 5.66. The molecule has 5 heteroatoms. The Morgan fingerprint density at radius 2 is 2.06 bits per heavy atom. The third-order valence-electron chi connectivity index (χ3n) is 3.20. The van der Waals surface area contributed by atoms with E-state index in [0.717, 1.165) is 5.56 Å². The van der Waals surface area contributed by atoms with Gasteiger partial charge in [-0.15, -0.1) is 0 Å². The van der Waals surface area contributed by atoms with Gasteiger partial charge in [-0.2, -0.15) is 5.10 Å². The maximum absolute atomic E-state index is 11.6. The molecule has 5 nitrogen and oxygen atoms in total. The number of carboxylic acid groups (broad SMARTS) is 1. The van der Waals surface area contributed by atoms with Gasteiger partial charge < -0.3 is 5.11 Å². The lowest BCUT2D eigenvalue weighted by Gasteiger charge is -2.24. The van der Waals surface area contributed by atoms with Gasteiger partial charge in [0.25, 0.3) is 0 Å². The lowest BCUT2D eigenvalue weighted by molar-refractivity contribution is -0.143. The number of carboxylic acids is 1. The quantitative estimate of drug-likeness (QED) is 0.884. The average Bonchev–Trinajstić information content (AvgIpc) is 2.75. The summed E-state index contributed by atoms with van der Waals surface area (Å²) in [6.07, 6.45) is 1.74. The number of rotatable bonds is 4. The van der Waals surface area contributed by atoms with Gasteiger partial charge in [0.2, 0.25) is 0 Å². The zero-order valence-electron chi connectivity index (χ0n) is 10.4. The molecule has 1 atom stereocenters. The molecule has 1 aromatic carbocycles. The molecule has 0 radical (unpaired) electrons. The highest BCUT2D eigenvalue weighted by molar-refractivity contribution is 5.81. The fourth-order valence-electron chi connectivity index (χ4n) is 1.90. The summed E-state index contributed by atoms with van der Waals surface area (Å²) in [5.74, 6) is -0.208. The van der Waals surface area contributed by atoms with E-state index in [4.69, 9.17) is 0 Å². The van der Waals surface area contributed by atoms with Gasteiger partial charge in [-0.05, 0) is 12.5 Å². The molecule has 0 fully saturated rings. The summed E-state index contributed by atoms with van der Waals surface area (Å²) in [7, 11) is 1.76. The van der Waals surface area contributed by atoms with Crippen LogP contribution in [0.4, 0.5) is 0 Å². The Labute approximate surface area is 105 Å². The number of hydrogen-bond donors (Lipinski definition) is 1. The van der Waals surface area contributed by atoms with Crippen LogP contribution in [0.15, 0.2) is 36.7 Å². The number of carbonyl (C=O) groups is 1. The van der Waals surface area contributed by atoms with Crippen LogP contribution in [0, 0.1) is 0 Å². The lowest BCUT2D eigenvalue weighted by Crippen LogP contribution is -2.35. The molecule has 94 valence electrons. The van der Waals surface area contributed by atoms with Crippen molar-refractivity contribution in [2.75, 3.05) is 0 Å². The zero-order chi connectivity index (χ0) is 13.2. The molecule has 0 spiro atoms. The van der Waals surface area contributed by atoms with Gasteiger partial charge in [0.1, 0.15) is 12.2 Å². The van der Waals surface area contributed by atoms with E-state index in [0.29, 0.717) is 12.2 Å². The Hall–Kier alpha value is -2.17. The molecule has 18 heavy (non-hydrogen) atoms. The number of benzene rings is 1. The van der Waals surface area contributed by atoms with E-state index in [1.54, 1.807) is 18.7 Å². The van der Waals surface area contributed by atoms with E-state index >= 15 is 0 Å². The monoisotopic (exact) mass is 245 g/mol. The molecule has 1 aromatic heterocycles. The summed E-state index contributed by atoms with van der Waals surface area (Å²) >= 11 is 0. The van der Waals surface area contributed by atoms with Crippen LogP contribution in [-0.2, 0) is 23.7 Å². The summed E-state index contributed by atoms with van der Waals surface area (Å²) in [6, 6.07) is 9.20. The summed E-state index contributed by atoms with van der Waals surface area (Å²) in [6.45, 7) is 1.71. The zero-order valence-corrected chi connectivity index (χ0v) is 10.4. The first-order chi connectivity index (χ1) is 8.54. The highest BCUT2D eigenvalue weighted by Crippen LogP contribution is 2.27. The standard InChI is InChI=1S/C13H15N3O2/c1-13(12(17)18,10-6-4-3-5-7-10)8-11-14-9-15-16(11)2/h3-7,9H,8H2,1-2H3,(H,17,18). The summed E-state index contributed by atoms with van der Waals surface area (Å²) in [5, 5.41) is 13.5. The molecule has 0 saturated heterocycles. The van der Waals surface area contributed by atoms with Crippen LogP contribution in [0.25, 0.3) is 0 Å². The van der Waals surface area contributed by atoms with Gasteiger partial charge in [-0.1, -0.05) is 30.3 Å². The molecule has 1 unspecified atom stereocenters. The number of aromatic nitrogens is 3. The van der Waals surface area contributed by atoms with Crippen molar-refractivity contribution in [1.82, 2.24) is 14.8 Å². The molecule has 1 heterocycles. The number of aryl methyl sites for hydroxylation is 1. The highest BCUT2D eigenvalue weighted by atomic mass is 16.4. The van der Waals surface area contributed by atoms with Crippen molar-refractivity contribution in [2.24, 2.45) is 7.05 Å². The van der Waals surface area contributed by atoms with Crippen LogP contribution in [0.1, 0.15) is 18.3 Å². The van der Waals surface area contributed by atoms with Crippen LogP contribution in [-0.4, -0.2) is 25.8 Å². The van der Waals surface area contributed by atoms with Crippen LogP contribution in [0.2, 0.25) is 0 Å². The normalized spacial score (nSPS) is 14.1. The minimum atomic E-state index is -0.998. The number of nitrogens with zero attached hydrogens (tertiary/aromatic N) is 3. The molecule has 2 rings (SSSR count). The van der Waals surface area contributed by atoms with E-state index in [1.165, 1.54) is 6.33 Å². The molecule has 0 aliphatic carbocycles. The summed E-state index contributed by atoms with van der Waals surface area (Å²) in [5.41, 5.74) is -0.234. The molecular weight excluding hydrogens is 230 g/mol. The van der Waals surface area contributed by atoms with Crippen molar-refractivity contribution in [2.45, 2.75) is 18.8 Å². The number of hydrogen-bond acceptors (Lipinski definition) is 3. The van der Waals surface area contributed by atoms with Gasteiger partial charge in [0, 0.05) is 13.5 Å². The molecule has 0 saturated carbocycles. The second kappa shape index (κ2) is 4.60. The molecule has 1 N–H and O–H groups in total. The maximum Gasteiger partial charge on any atom is 0.314 e. The first kappa shape index (κ1) is 12.3. The molecule has 0 aliphatic heterocycles. The fraction of sp³-hybridized carbons (Fsp3) is 0.308. The molecule has 0 bridgehead atoms. The van der Waals surface area contributed by atoms with Crippen molar-refractivity contribution in [3.8, 4) is 0 Å². The third-order valence-corrected chi connectivity index (χ3v) is 3.20. The second-order valence-electron chi connectivity index (χ2n) is 4.48. The minimum Gasteiger partial charge on any atom is -0.481 e. The predicted molar refractivity (Wildman–Crippen MR) is 66.1 cm³/mol. The fourth-order valence-corrected chi connectivity index (χ4v) is 1.90.